The van der Waals surface area contributed by atoms with Crippen LogP contribution in [0.25, 0.3) is 0 Å². The van der Waals surface area contributed by atoms with Gasteiger partial charge in [0.2, 0.25) is 0 Å². The number of methoxy groups -OCH3 is 1. The van der Waals surface area contributed by atoms with E-state index in [1.807, 2.05) is 13.0 Å². The van der Waals surface area contributed by atoms with Crippen LogP contribution in [0.15, 0.2) is 11.3 Å². The van der Waals surface area contributed by atoms with E-state index in [1.54, 1.807) is 0 Å². The summed E-state index contributed by atoms with van der Waals surface area (Å²) in [4.78, 5) is 11.6. The molecule has 20 heavy (non-hydrogen) atoms. The largest absolute Gasteiger partial charge is 0.465 e. The molecule has 0 aromatic rings. The molecule has 0 unspecified atom stereocenters. The molecule has 0 aromatic heterocycles. The highest BCUT2D eigenvalue weighted by Crippen LogP contribution is 2.53. The monoisotopic (exact) mass is 274 g/mol. The topological polar surface area (TPSA) is 62.1 Å². The van der Waals surface area contributed by atoms with E-state index < -0.39 is 5.97 Å². The number of rotatable bonds is 3. The summed E-state index contributed by atoms with van der Waals surface area (Å²) < 4.78 is 4.67. The van der Waals surface area contributed by atoms with Crippen molar-refractivity contribution in [2.45, 2.75) is 45.1 Å². The average Bonchev–Trinajstić information content (AvgIpc) is 2.42. The van der Waals surface area contributed by atoms with Crippen molar-refractivity contribution in [1.82, 2.24) is 5.32 Å². The van der Waals surface area contributed by atoms with Gasteiger partial charge >= 0.3 is 5.97 Å². The van der Waals surface area contributed by atoms with Crippen molar-refractivity contribution in [3.05, 3.63) is 11.3 Å². The van der Waals surface area contributed by atoms with Gasteiger partial charge in [0.05, 0.1) is 7.11 Å². The van der Waals surface area contributed by atoms with Gasteiger partial charge in [0.15, 0.2) is 5.57 Å². The summed E-state index contributed by atoms with van der Waals surface area (Å²) in [6.45, 7) is 1.82. The molecule has 4 saturated carbocycles. The second-order valence-electron chi connectivity index (χ2n) is 6.70. The summed E-state index contributed by atoms with van der Waals surface area (Å²) in [7, 11) is 1.32. The Morgan fingerprint density at radius 3 is 2.15 bits per heavy atom. The summed E-state index contributed by atoms with van der Waals surface area (Å²) in [5.74, 6) is 2.76. The molecule has 0 radical (unpaired) electrons. The maximum absolute atomic E-state index is 11.6. The minimum atomic E-state index is -0.540. The predicted octanol–water partition coefficient (Wildman–Crippen LogP) is 2.37. The summed E-state index contributed by atoms with van der Waals surface area (Å²) in [6.07, 6.45) is 6.70. The third-order valence-electron chi connectivity index (χ3n) is 5.49. The smallest absolute Gasteiger partial charge is 0.350 e. The van der Waals surface area contributed by atoms with Crippen molar-refractivity contribution in [2.75, 3.05) is 7.11 Å². The highest BCUT2D eigenvalue weighted by Gasteiger charge is 2.48. The number of allylic oxidation sites excluding steroid dienone is 1. The zero-order valence-electron chi connectivity index (χ0n) is 12.2. The zero-order valence-corrected chi connectivity index (χ0v) is 12.2. The second-order valence-corrected chi connectivity index (χ2v) is 6.70. The zero-order chi connectivity index (χ0) is 14.3. The van der Waals surface area contributed by atoms with E-state index in [9.17, 15) is 4.79 Å². The van der Waals surface area contributed by atoms with Crippen molar-refractivity contribution in [2.24, 2.45) is 23.7 Å². The van der Waals surface area contributed by atoms with Gasteiger partial charge in [-0.3, -0.25) is 0 Å². The number of carbonyl (C=O) groups is 1. The molecule has 4 nitrogen and oxygen atoms in total. The molecule has 1 N–H and O–H groups in total. The van der Waals surface area contributed by atoms with Gasteiger partial charge in [0.1, 0.15) is 6.07 Å². The highest BCUT2D eigenvalue weighted by atomic mass is 16.5. The fraction of sp³-hybridized carbons (Fsp3) is 0.750. The Kier molecular flexibility index (Phi) is 3.45. The lowest BCUT2D eigenvalue weighted by Gasteiger charge is -2.54. The summed E-state index contributed by atoms with van der Waals surface area (Å²) in [5, 5.41) is 12.6. The normalized spacial score (nSPS) is 39.0. The molecule has 0 aliphatic heterocycles. The molecule has 4 rings (SSSR count). The number of hydrogen-bond acceptors (Lipinski definition) is 4. The minimum absolute atomic E-state index is 0.112. The van der Waals surface area contributed by atoms with Crippen molar-refractivity contribution < 1.29 is 9.53 Å². The summed E-state index contributed by atoms with van der Waals surface area (Å²) >= 11 is 0. The molecular weight excluding hydrogens is 252 g/mol. The molecule has 108 valence electrons. The molecule has 0 atom stereocenters. The lowest BCUT2D eigenvalue weighted by atomic mass is 9.54. The van der Waals surface area contributed by atoms with Crippen LogP contribution in [0.5, 0.6) is 0 Å². The first kappa shape index (κ1) is 13.5. The maximum Gasteiger partial charge on any atom is 0.350 e. The van der Waals surface area contributed by atoms with Crippen LogP contribution in [0.2, 0.25) is 0 Å². The SMILES string of the molecule is COC(=O)/C(C#N)=C(\C)NC1C2CC3CC(C2)CC1C3. The van der Waals surface area contributed by atoms with Gasteiger partial charge in [-0.05, 0) is 62.7 Å². The first-order valence-corrected chi connectivity index (χ1v) is 7.58. The number of esters is 1. The number of nitrogens with zero attached hydrogens (tertiary/aromatic N) is 1. The molecule has 0 aromatic carbocycles. The van der Waals surface area contributed by atoms with E-state index in [4.69, 9.17) is 5.26 Å². The predicted molar refractivity (Wildman–Crippen MR) is 74.3 cm³/mol. The van der Waals surface area contributed by atoms with Crippen LogP contribution in [0.1, 0.15) is 39.0 Å². The summed E-state index contributed by atoms with van der Waals surface area (Å²) in [5.41, 5.74) is 0.790. The number of carbonyl (C=O) groups excluding carboxylic acids is 1. The van der Waals surface area contributed by atoms with Crippen LogP contribution in [0, 0.1) is 35.0 Å². The minimum Gasteiger partial charge on any atom is -0.465 e. The van der Waals surface area contributed by atoms with Gasteiger partial charge < -0.3 is 10.1 Å². The second kappa shape index (κ2) is 5.12. The maximum atomic E-state index is 11.6. The van der Waals surface area contributed by atoms with Crippen LogP contribution in [0.4, 0.5) is 0 Å². The van der Waals surface area contributed by atoms with Crippen LogP contribution < -0.4 is 5.32 Å². The van der Waals surface area contributed by atoms with E-state index >= 15 is 0 Å². The Bertz CT molecular complexity index is 461. The van der Waals surface area contributed by atoms with E-state index in [0.717, 1.165) is 23.7 Å². The Morgan fingerprint density at radius 1 is 1.15 bits per heavy atom. The van der Waals surface area contributed by atoms with E-state index in [2.05, 4.69) is 10.1 Å². The van der Waals surface area contributed by atoms with Crippen molar-refractivity contribution in [3.8, 4) is 6.07 Å². The molecule has 4 fully saturated rings. The molecule has 0 saturated heterocycles. The Morgan fingerprint density at radius 2 is 1.70 bits per heavy atom. The molecule has 4 aliphatic rings. The Balaban J connectivity index is 1.76. The van der Waals surface area contributed by atoms with Gasteiger partial charge in [-0.1, -0.05) is 0 Å². The summed E-state index contributed by atoms with van der Waals surface area (Å²) in [6, 6.07) is 2.41. The van der Waals surface area contributed by atoms with Crippen LogP contribution in [-0.4, -0.2) is 19.1 Å². The van der Waals surface area contributed by atoms with Crippen LogP contribution in [-0.2, 0) is 9.53 Å². The lowest BCUT2D eigenvalue weighted by molar-refractivity contribution is -0.135. The molecule has 0 amide bonds. The highest BCUT2D eigenvalue weighted by molar-refractivity contribution is 5.93. The van der Waals surface area contributed by atoms with E-state index in [0.29, 0.717) is 11.7 Å². The molecule has 4 heteroatoms. The number of nitriles is 1. The van der Waals surface area contributed by atoms with Gasteiger partial charge in [-0.25, -0.2) is 4.79 Å². The first-order valence-electron chi connectivity index (χ1n) is 7.58. The van der Waals surface area contributed by atoms with Crippen LogP contribution >= 0.6 is 0 Å². The van der Waals surface area contributed by atoms with Crippen molar-refractivity contribution >= 4 is 5.97 Å². The number of ether oxygens (including phenoxy) is 1. The van der Waals surface area contributed by atoms with Gasteiger partial charge in [0.25, 0.3) is 0 Å². The number of hydrogen-bond donors (Lipinski definition) is 1. The van der Waals surface area contributed by atoms with Crippen LogP contribution in [0.3, 0.4) is 0 Å². The third-order valence-corrected chi connectivity index (χ3v) is 5.49. The third kappa shape index (κ3) is 2.19. The molecule has 4 bridgehead atoms. The standard InChI is InChI=1S/C16H22N2O2/c1-9(14(8-17)16(19)20-2)18-15-12-4-10-3-11(6-12)7-13(15)5-10/h10-13,15,18H,3-7H2,1-2H3/b14-9+. The van der Waals surface area contributed by atoms with Gasteiger partial charge in [0, 0.05) is 11.7 Å². The van der Waals surface area contributed by atoms with Gasteiger partial charge in [-0.2, -0.15) is 5.26 Å². The molecular formula is C16H22N2O2. The first-order chi connectivity index (χ1) is 9.62. The van der Waals surface area contributed by atoms with Crippen molar-refractivity contribution in [3.63, 3.8) is 0 Å². The number of nitrogens with one attached hydrogen (secondary N) is 1. The lowest BCUT2D eigenvalue weighted by Crippen LogP contribution is -2.54. The Labute approximate surface area is 120 Å². The average molecular weight is 274 g/mol. The van der Waals surface area contributed by atoms with Gasteiger partial charge in [-0.15, -0.1) is 0 Å². The fourth-order valence-corrected chi connectivity index (χ4v) is 4.87. The van der Waals surface area contributed by atoms with E-state index in [1.165, 1.54) is 39.2 Å². The quantitative estimate of drug-likeness (QED) is 0.487. The Hall–Kier alpha value is -1.50. The molecule has 0 spiro atoms. The fourth-order valence-electron chi connectivity index (χ4n) is 4.87. The molecule has 0 heterocycles. The van der Waals surface area contributed by atoms with Crippen molar-refractivity contribution in [1.29, 1.82) is 5.26 Å². The van der Waals surface area contributed by atoms with E-state index in [-0.39, 0.29) is 5.57 Å². The molecule has 4 aliphatic carbocycles.